The number of hydrogen-bond acceptors (Lipinski definition) is 0. The van der Waals surface area contributed by atoms with E-state index in [2.05, 4.69) is 62.1 Å². The van der Waals surface area contributed by atoms with Crippen LogP contribution in [0.3, 0.4) is 0 Å². The van der Waals surface area contributed by atoms with E-state index in [4.69, 9.17) is 0 Å². The molecule has 0 fully saturated rings. The molecule has 0 amide bonds. The second kappa shape index (κ2) is 8.53. The zero-order valence-electron chi connectivity index (χ0n) is 13.4. The number of hydrogen-bond donors (Lipinski definition) is 0. The zero-order valence-corrected chi connectivity index (χ0v) is 13.4. The molecule has 2 aromatic rings. The average molecular weight is 278 g/mol. The average Bonchev–Trinajstić information content (AvgIpc) is 2.50. The van der Waals surface area contributed by atoms with Gasteiger partial charge in [-0.15, -0.1) is 0 Å². The van der Waals surface area contributed by atoms with E-state index in [9.17, 15) is 0 Å². The number of benzene rings is 2. The molecule has 0 saturated carbocycles. The number of aryl methyl sites for hydroxylation is 1. The van der Waals surface area contributed by atoms with Crippen molar-refractivity contribution in [1.29, 1.82) is 0 Å². The van der Waals surface area contributed by atoms with E-state index in [1.165, 1.54) is 54.9 Å². The van der Waals surface area contributed by atoms with Gasteiger partial charge in [0.2, 0.25) is 0 Å². The van der Waals surface area contributed by atoms with Gasteiger partial charge in [-0.2, -0.15) is 0 Å². The highest BCUT2D eigenvalue weighted by Crippen LogP contribution is 2.17. The van der Waals surface area contributed by atoms with Crippen LogP contribution in [0.5, 0.6) is 0 Å². The third-order valence-corrected chi connectivity index (χ3v) is 3.88. The Hall–Kier alpha value is -1.74. The fourth-order valence-electron chi connectivity index (χ4n) is 2.60. The second-order valence-electron chi connectivity index (χ2n) is 5.88. The summed E-state index contributed by atoms with van der Waals surface area (Å²) in [6.45, 7) is 4.39. The lowest BCUT2D eigenvalue weighted by Gasteiger charge is -2.00. The van der Waals surface area contributed by atoms with Crippen LogP contribution in [0.4, 0.5) is 0 Å². The van der Waals surface area contributed by atoms with Crippen LogP contribution in [-0.4, -0.2) is 0 Å². The van der Waals surface area contributed by atoms with Crippen molar-refractivity contribution in [2.45, 2.75) is 58.8 Å². The Bertz CT molecular complexity index is 625. The van der Waals surface area contributed by atoms with E-state index in [1.54, 1.807) is 0 Å². The van der Waals surface area contributed by atoms with Gasteiger partial charge in [0.1, 0.15) is 0 Å². The van der Waals surface area contributed by atoms with Crippen molar-refractivity contribution < 1.29 is 0 Å². The van der Waals surface area contributed by atoms with Crippen molar-refractivity contribution >= 4 is 10.8 Å². The summed E-state index contributed by atoms with van der Waals surface area (Å²) in [6, 6.07) is 13.1. The van der Waals surface area contributed by atoms with Crippen LogP contribution in [0, 0.1) is 18.8 Å². The van der Waals surface area contributed by atoms with Crippen LogP contribution in [0.15, 0.2) is 36.4 Å². The van der Waals surface area contributed by atoms with Crippen LogP contribution in [-0.2, 0) is 0 Å². The Labute approximate surface area is 129 Å². The molecule has 0 nitrogen and oxygen atoms in total. The van der Waals surface area contributed by atoms with Gasteiger partial charge < -0.3 is 0 Å². The highest BCUT2D eigenvalue weighted by Gasteiger charge is 1.95. The minimum atomic E-state index is 1.03. The van der Waals surface area contributed by atoms with E-state index in [0.717, 1.165) is 12.0 Å². The van der Waals surface area contributed by atoms with Crippen LogP contribution >= 0.6 is 0 Å². The molecule has 0 aliphatic rings. The summed E-state index contributed by atoms with van der Waals surface area (Å²) in [4.78, 5) is 0. The van der Waals surface area contributed by atoms with Crippen LogP contribution in [0.1, 0.15) is 63.0 Å². The van der Waals surface area contributed by atoms with Gasteiger partial charge in [-0.1, -0.05) is 80.7 Å². The fourth-order valence-corrected chi connectivity index (χ4v) is 2.60. The summed E-state index contributed by atoms with van der Waals surface area (Å²) in [6.07, 6.45) is 9.04. The van der Waals surface area contributed by atoms with Gasteiger partial charge in [-0.05, 0) is 36.2 Å². The van der Waals surface area contributed by atoms with E-state index < -0.39 is 0 Å². The minimum absolute atomic E-state index is 1.03. The molecule has 0 atom stereocenters. The molecule has 0 aromatic heterocycles. The lowest BCUT2D eigenvalue weighted by molar-refractivity contribution is 0.614. The normalized spacial score (nSPS) is 10.4. The predicted molar refractivity (Wildman–Crippen MR) is 93.6 cm³/mol. The van der Waals surface area contributed by atoms with Gasteiger partial charge >= 0.3 is 0 Å². The van der Waals surface area contributed by atoms with E-state index in [0.29, 0.717) is 0 Å². The summed E-state index contributed by atoms with van der Waals surface area (Å²) in [5.41, 5.74) is 2.45. The first-order chi connectivity index (χ1) is 10.3. The monoisotopic (exact) mass is 278 g/mol. The van der Waals surface area contributed by atoms with Crippen LogP contribution in [0.2, 0.25) is 0 Å². The highest BCUT2D eigenvalue weighted by molar-refractivity contribution is 5.84. The van der Waals surface area contributed by atoms with Crippen LogP contribution in [0.25, 0.3) is 10.8 Å². The minimum Gasteiger partial charge on any atom is -0.0979 e. The molecule has 0 heterocycles. The van der Waals surface area contributed by atoms with Crippen molar-refractivity contribution in [2.75, 3.05) is 0 Å². The van der Waals surface area contributed by atoms with E-state index in [-0.39, 0.29) is 0 Å². The lowest BCUT2D eigenvalue weighted by atomic mass is 10.0. The molecular weight excluding hydrogens is 252 g/mol. The molecular formula is C21H26. The molecule has 0 radical (unpaired) electrons. The third-order valence-electron chi connectivity index (χ3n) is 3.88. The first kappa shape index (κ1) is 15.6. The maximum absolute atomic E-state index is 3.32. The second-order valence-corrected chi connectivity index (χ2v) is 5.88. The molecule has 0 aliphatic carbocycles. The Morgan fingerprint density at radius 3 is 2.38 bits per heavy atom. The molecule has 2 rings (SSSR count). The van der Waals surface area contributed by atoms with Crippen LogP contribution < -0.4 is 0 Å². The Morgan fingerprint density at radius 1 is 0.810 bits per heavy atom. The van der Waals surface area contributed by atoms with Gasteiger partial charge in [-0.25, -0.2) is 0 Å². The number of fused-ring (bicyclic) bond motifs is 1. The van der Waals surface area contributed by atoms with Crippen molar-refractivity contribution in [3.05, 3.63) is 47.5 Å². The van der Waals surface area contributed by atoms with Crippen molar-refractivity contribution in [1.82, 2.24) is 0 Å². The topological polar surface area (TPSA) is 0 Å². The van der Waals surface area contributed by atoms with Crippen molar-refractivity contribution in [2.24, 2.45) is 0 Å². The molecule has 21 heavy (non-hydrogen) atoms. The Kier molecular flexibility index (Phi) is 6.35. The molecule has 2 aromatic carbocycles. The summed E-state index contributed by atoms with van der Waals surface area (Å²) >= 11 is 0. The van der Waals surface area contributed by atoms with Gasteiger partial charge in [0.15, 0.2) is 0 Å². The third kappa shape index (κ3) is 5.27. The maximum Gasteiger partial charge on any atom is 0.0251 e. The van der Waals surface area contributed by atoms with Gasteiger partial charge in [-0.3, -0.25) is 0 Å². The highest BCUT2D eigenvalue weighted by atomic mass is 14.0. The summed E-state index contributed by atoms with van der Waals surface area (Å²) in [5, 5.41) is 2.59. The molecule has 110 valence electrons. The molecule has 0 bridgehead atoms. The summed E-state index contributed by atoms with van der Waals surface area (Å²) in [7, 11) is 0. The molecule has 0 unspecified atom stereocenters. The molecule has 0 spiro atoms. The standard InChI is InChI=1S/C21H26/c1-3-4-5-6-7-8-9-10-11-19-13-15-20-16-18(2)12-14-21(20)17-19/h12-17H,3-9H2,1-2H3. The number of unbranched alkanes of at least 4 members (excludes halogenated alkanes) is 6. The number of rotatable bonds is 6. The van der Waals surface area contributed by atoms with E-state index in [1.807, 2.05) is 0 Å². The van der Waals surface area contributed by atoms with Crippen molar-refractivity contribution in [3.8, 4) is 11.8 Å². The predicted octanol–water partition coefficient (Wildman–Crippen LogP) is 6.25. The van der Waals surface area contributed by atoms with Gasteiger partial charge in [0.25, 0.3) is 0 Å². The molecule has 0 saturated heterocycles. The SMILES string of the molecule is CCCCCCCCC#Cc1ccc2cc(C)ccc2c1. The first-order valence-electron chi connectivity index (χ1n) is 8.29. The lowest BCUT2D eigenvalue weighted by Crippen LogP contribution is -1.80. The van der Waals surface area contributed by atoms with Gasteiger partial charge in [0, 0.05) is 12.0 Å². The fraction of sp³-hybridized carbons (Fsp3) is 0.429. The van der Waals surface area contributed by atoms with Gasteiger partial charge in [0.05, 0.1) is 0 Å². The smallest absolute Gasteiger partial charge is 0.0251 e. The first-order valence-corrected chi connectivity index (χ1v) is 8.29. The van der Waals surface area contributed by atoms with E-state index >= 15 is 0 Å². The largest absolute Gasteiger partial charge is 0.0979 e. The maximum atomic E-state index is 3.32. The van der Waals surface area contributed by atoms with Crippen molar-refractivity contribution in [3.63, 3.8) is 0 Å². The summed E-state index contributed by atoms with van der Waals surface area (Å²) < 4.78 is 0. The Morgan fingerprint density at radius 2 is 1.52 bits per heavy atom. The quantitative estimate of drug-likeness (QED) is 0.432. The molecule has 0 heteroatoms. The molecule has 0 N–H and O–H groups in total. The zero-order chi connectivity index (χ0) is 14.9. The summed E-state index contributed by atoms with van der Waals surface area (Å²) in [5.74, 6) is 6.62. The Balaban J connectivity index is 1.83. The molecule has 0 aliphatic heterocycles.